The van der Waals surface area contributed by atoms with Crippen molar-refractivity contribution in [2.24, 2.45) is 0 Å². The lowest BCUT2D eigenvalue weighted by molar-refractivity contribution is 0.195. The van der Waals surface area contributed by atoms with Crippen LogP contribution in [0.3, 0.4) is 0 Å². The summed E-state index contributed by atoms with van der Waals surface area (Å²) in [6, 6.07) is 9.37. The second kappa shape index (κ2) is 5.87. The zero-order chi connectivity index (χ0) is 12.3. The second-order valence-electron chi connectivity index (χ2n) is 3.54. The lowest BCUT2D eigenvalue weighted by Gasteiger charge is -2.12. The molecule has 0 aliphatic carbocycles. The van der Waals surface area contributed by atoms with Gasteiger partial charge < -0.3 is 10.4 Å². The molecule has 5 heteroatoms. The van der Waals surface area contributed by atoms with Gasteiger partial charge >= 0.3 is 0 Å². The van der Waals surface area contributed by atoms with Crippen LogP contribution in [0, 0.1) is 0 Å². The van der Waals surface area contributed by atoms with E-state index in [-0.39, 0.29) is 0 Å². The van der Waals surface area contributed by atoms with E-state index in [4.69, 9.17) is 11.6 Å². The van der Waals surface area contributed by atoms with E-state index in [2.05, 4.69) is 21.2 Å². The monoisotopic (exact) mass is 331 g/mol. The average Bonchev–Trinajstić information content (AvgIpc) is 2.83. The highest BCUT2D eigenvalue weighted by Crippen LogP contribution is 2.27. The molecule has 2 N–H and O–H groups in total. The SMILES string of the molecule is OC(CNc1cc(Cl)ccc1Br)c1cccs1. The van der Waals surface area contributed by atoms with Crippen molar-refractivity contribution in [3.63, 3.8) is 0 Å². The van der Waals surface area contributed by atoms with Gasteiger partial charge in [-0.25, -0.2) is 0 Å². The number of anilines is 1. The van der Waals surface area contributed by atoms with Gasteiger partial charge in [-0.1, -0.05) is 17.7 Å². The van der Waals surface area contributed by atoms with Gasteiger partial charge in [-0.3, -0.25) is 0 Å². The van der Waals surface area contributed by atoms with Crippen LogP contribution in [0.1, 0.15) is 11.0 Å². The first-order valence-electron chi connectivity index (χ1n) is 5.07. The Morgan fingerprint density at radius 3 is 2.94 bits per heavy atom. The van der Waals surface area contributed by atoms with Gasteiger partial charge in [-0.2, -0.15) is 0 Å². The van der Waals surface area contributed by atoms with Crippen molar-refractivity contribution in [1.82, 2.24) is 0 Å². The molecule has 0 aliphatic heterocycles. The third kappa shape index (κ3) is 3.45. The average molecular weight is 333 g/mol. The van der Waals surface area contributed by atoms with E-state index >= 15 is 0 Å². The maximum absolute atomic E-state index is 9.93. The van der Waals surface area contributed by atoms with Gasteiger partial charge in [-0.15, -0.1) is 11.3 Å². The molecule has 0 fully saturated rings. The summed E-state index contributed by atoms with van der Waals surface area (Å²) < 4.78 is 0.931. The molecular formula is C12H11BrClNOS. The molecule has 0 spiro atoms. The van der Waals surface area contributed by atoms with Crippen molar-refractivity contribution in [2.45, 2.75) is 6.10 Å². The van der Waals surface area contributed by atoms with E-state index in [0.29, 0.717) is 11.6 Å². The van der Waals surface area contributed by atoms with Crippen molar-refractivity contribution < 1.29 is 5.11 Å². The molecule has 0 amide bonds. The summed E-state index contributed by atoms with van der Waals surface area (Å²) in [6.07, 6.45) is -0.499. The Hall–Kier alpha value is -0.550. The maximum Gasteiger partial charge on any atom is 0.105 e. The molecule has 1 aromatic carbocycles. The molecule has 1 aromatic heterocycles. The van der Waals surface area contributed by atoms with E-state index in [1.807, 2.05) is 35.7 Å². The van der Waals surface area contributed by atoms with Gasteiger partial charge in [0.05, 0.1) is 5.69 Å². The number of aliphatic hydroxyl groups is 1. The second-order valence-corrected chi connectivity index (χ2v) is 5.81. The van der Waals surface area contributed by atoms with Gasteiger partial charge in [0.2, 0.25) is 0 Å². The highest BCUT2D eigenvalue weighted by molar-refractivity contribution is 9.10. The van der Waals surface area contributed by atoms with Gasteiger partial charge in [0.25, 0.3) is 0 Å². The fourth-order valence-corrected chi connectivity index (χ4v) is 2.69. The van der Waals surface area contributed by atoms with Crippen molar-refractivity contribution in [2.75, 3.05) is 11.9 Å². The van der Waals surface area contributed by atoms with Crippen LogP contribution in [0.25, 0.3) is 0 Å². The highest BCUT2D eigenvalue weighted by Gasteiger charge is 2.09. The molecule has 0 saturated heterocycles. The van der Waals surface area contributed by atoms with Gasteiger partial charge in [0.15, 0.2) is 0 Å². The van der Waals surface area contributed by atoms with Crippen LogP contribution in [-0.4, -0.2) is 11.7 Å². The first-order valence-corrected chi connectivity index (χ1v) is 7.12. The predicted octanol–water partition coefficient (Wildman–Crippen LogP) is 4.31. The number of halogens is 2. The summed E-state index contributed by atoms with van der Waals surface area (Å²) in [7, 11) is 0. The van der Waals surface area contributed by atoms with E-state index in [9.17, 15) is 5.11 Å². The number of rotatable bonds is 4. The summed E-state index contributed by atoms with van der Waals surface area (Å²) >= 11 is 10.9. The van der Waals surface area contributed by atoms with E-state index in [0.717, 1.165) is 15.0 Å². The smallest absolute Gasteiger partial charge is 0.105 e. The van der Waals surface area contributed by atoms with Crippen LogP contribution in [0.5, 0.6) is 0 Å². The minimum absolute atomic E-state index is 0.458. The van der Waals surface area contributed by atoms with E-state index in [1.165, 1.54) is 0 Å². The van der Waals surface area contributed by atoms with Crippen LogP contribution in [-0.2, 0) is 0 Å². The predicted molar refractivity (Wildman–Crippen MR) is 76.9 cm³/mol. The Balaban J connectivity index is 2.00. The lowest BCUT2D eigenvalue weighted by Crippen LogP contribution is -2.11. The fourth-order valence-electron chi connectivity index (χ4n) is 1.42. The van der Waals surface area contributed by atoms with Gasteiger partial charge in [-0.05, 0) is 45.6 Å². The first-order chi connectivity index (χ1) is 8.16. The Labute approximate surface area is 117 Å². The van der Waals surface area contributed by atoms with E-state index in [1.54, 1.807) is 11.3 Å². The molecule has 1 atom stereocenters. The van der Waals surface area contributed by atoms with Gasteiger partial charge in [0.1, 0.15) is 6.10 Å². The summed E-state index contributed by atoms with van der Waals surface area (Å²) in [6.45, 7) is 0.458. The maximum atomic E-state index is 9.93. The molecule has 1 heterocycles. The summed E-state index contributed by atoms with van der Waals surface area (Å²) in [5.41, 5.74) is 0.883. The lowest BCUT2D eigenvalue weighted by atomic mass is 10.2. The van der Waals surface area contributed by atoms with Crippen LogP contribution < -0.4 is 5.32 Å². The molecule has 0 bridgehead atoms. The summed E-state index contributed by atoms with van der Waals surface area (Å²) in [4.78, 5) is 0.954. The number of thiophene rings is 1. The van der Waals surface area contributed by atoms with Crippen molar-refractivity contribution >= 4 is 44.6 Å². The van der Waals surface area contributed by atoms with Gasteiger partial charge in [0, 0.05) is 20.9 Å². The Morgan fingerprint density at radius 1 is 1.41 bits per heavy atom. The highest BCUT2D eigenvalue weighted by atomic mass is 79.9. The minimum Gasteiger partial charge on any atom is -0.386 e. The molecule has 2 nitrogen and oxygen atoms in total. The van der Waals surface area contributed by atoms with Crippen molar-refractivity contribution in [3.8, 4) is 0 Å². The van der Waals surface area contributed by atoms with Crippen LogP contribution in [0.2, 0.25) is 5.02 Å². The third-order valence-electron chi connectivity index (χ3n) is 2.29. The number of hydrogen-bond acceptors (Lipinski definition) is 3. The first kappa shape index (κ1) is 12.9. The zero-order valence-corrected chi connectivity index (χ0v) is 12.0. The molecule has 90 valence electrons. The summed E-state index contributed by atoms with van der Waals surface area (Å²) in [5.74, 6) is 0. The largest absolute Gasteiger partial charge is 0.386 e. The molecule has 2 aromatic rings. The Bertz CT molecular complexity index is 489. The molecule has 0 saturated carbocycles. The third-order valence-corrected chi connectivity index (χ3v) is 4.19. The van der Waals surface area contributed by atoms with Crippen LogP contribution in [0.15, 0.2) is 40.2 Å². The van der Waals surface area contributed by atoms with Crippen LogP contribution >= 0.6 is 38.9 Å². The van der Waals surface area contributed by atoms with Crippen LogP contribution in [0.4, 0.5) is 5.69 Å². The topological polar surface area (TPSA) is 32.3 Å². The molecule has 1 unspecified atom stereocenters. The van der Waals surface area contributed by atoms with Crippen molar-refractivity contribution in [3.05, 3.63) is 50.1 Å². The normalized spacial score (nSPS) is 12.4. The molecule has 0 radical (unpaired) electrons. The number of nitrogens with one attached hydrogen (secondary N) is 1. The minimum atomic E-state index is -0.499. The Morgan fingerprint density at radius 2 is 2.24 bits per heavy atom. The molecular weight excluding hydrogens is 322 g/mol. The number of aliphatic hydroxyl groups excluding tert-OH is 1. The fraction of sp³-hybridized carbons (Fsp3) is 0.167. The molecule has 17 heavy (non-hydrogen) atoms. The quantitative estimate of drug-likeness (QED) is 0.874. The zero-order valence-electron chi connectivity index (χ0n) is 8.86. The summed E-state index contributed by atoms with van der Waals surface area (Å²) in [5, 5.41) is 15.7. The number of hydrogen-bond donors (Lipinski definition) is 2. The Kier molecular flexibility index (Phi) is 4.45. The number of benzene rings is 1. The molecule has 0 aliphatic rings. The molecule has 2 rings (SSSR count). The van der Waals surface area contributed by atoms with Crippen molar-refractivity contribution in [1.29, 1.82) is 0 Å². The van der Waals surface area contributed by atoms with E-state index < -0.39 is 6.10 Å². The standard InChI is InChI=1S/C12H11BrClNOS/c13-9-4-3-8(14)6-10(9)15-7-11(16)12-2-1-5-17-12/h1-6,11,15-16H,7H2.